The normalized spacial score (nSPS) is 11.6. The number of aryl methyl sites for hydroxylation is 1. The molecule has 2 aromatic carbocycles. The van der Waals surface area contributed by atoms with Gasteiger partial charge >= 0.3 is 6.18 Å². The van der Waals surface area contributed by atoms with Gasteiger partial charge in [0.25, 0.3) is 5.91 Å². The molecule has 0 radical (unpaired) electrons. The zero-order valence-corrected chi connectivity index (χ0v) is 18.8. The van der Waals surface area contributed by atoms with Crippen LogP contribution in [0.15, 0.2) is 52.9 Å². The summed E-state index contributed by atoms with van der Waals surface area (Å²) in [6, 6.07) is 8.75. The van der Waals surface area contributed by atoms with Crippen LogP contribution in [0, 0.1) is 30.2 Å². The second-order valence-electron chi connectivity index (χ2n) is 7.83. The molecule has 1 N–H and O–H groups in total. The molecular weight excluding hydrogens is 511 g/mol. The summed E-state index contributed by atoms with van der Waals surface area (Å²) in [5, 5.41) is 6.62. The van der Waals surface area contributed by atoms with Gasteiger partial charge in [-0.3, -0.25) is 9.48 Å². The van der Waals surface area contributed by atoms with Crippen molar-refractivity contribution >= 4 is 11.7 Å². The first-order chi connectivity index (χ1) is 17.4. The second-order valence-corrected chi connectivity index (χ2v) is 7.83. The van der Waals surface area contributed by atoms with Gasteiger partial charge in [-0.15, -0.1) is 0 Å². The fourth-order valence-corrected chi connectivity index (χ4v) is 3.33. The molecule has 0 saturated carbocycles. The molecule has 194 valence electrons. The average Bonchev–Trinajstić information content (AvgIpc) is 3.44. The van der Waals surface area contributed by atoms with E-state index in [-0.39, 0.29) is 29.9 Å². The third-order valence-corrected chi connectivity index (χ3v) is 5.13. The van der Waals surface area contributed by atoms with E-state index in [1.807, 2.05) is 0 Å². The fourth-order valence-electron chi connectivity index (χ4n) is 3.33. The maximum atomic E-state index is 13.7. The number of benzene rings is 2. The smallest absolute Gasteiger partial charge is 0.416 e. The lowest BCUT2D eigenvalue weighted by atomic mass is 10.1. The molecule has 13 heteroatoms. The minimum absolute atomic E-state index is 0.0155. The molecule has 4 aromatic rings. The minimum atomic E-state index is -4.49. The van der Waals surface area contributed by atoms with E-state index in [1.54, 1.807) is 6.92 Å². The molecule has 2 heterocycles. The van der Waals surface area contributed by atoms with E-state index >= 15 is 0 Å². The topological polar surface area (TPSA) is 69.3 Å². The molecule has 0 spiro atoms. The number of carbonyl (C=O) groups excluding carboxylic acids is 1. The maximum Gasteiger partial charge on any atom is 0.416 e. The molecule has 0 bridgehead atoms. The van der Waals surface area contributed by atoms with E-state index in [1.165, 1.54) is 35.0 Å². The molecule has 37 heavy (non-hydrogen) atoms. The molecule has 2 aromatic heterocycles. The third-order valence-electron chi connectivity index (χ3n) is 5.13. The van der Waals surface area contributed by atoms with E-state index in [0.717, 1.165) is 12.1 Å². The van der Waals surface area contributed by atoms with Crippen molar-refractivity contribution in [3.8, 4) is 5.75 Å². The second kappa shape index (κ2) is 9.99. The zero-order valence-electron chi connectivity index (χ0n) is 18.8. The van der Waals surface area contributed by atoms with Crippen molar-refractivity contribution < 1.29 is 44.7 Å². The predicted molar refractivity (Wildman–Crippen MR) is 115 cm³/mol. The Balaban J connectivity index is 1.41. The van der Waals surface area contributed by atoms with Crippen molar-refractivity contribution in [2.75, 3.05) is 5.32 Å². The van der Waals surface area contributed by atoms with E-state index in [9.17, 15) is 35.5 Å². The molecule has 0 aliphatic heterocycles. The van der Waals surface area contributed by atoms with Crippen molar-refractivity contribution in [3.05, 3.63) is 100 Å². The summed E-state index contributed by atoms with van der Waals surface area (Å²) >= 11 is 0. The van der Waals surface area contributed by atoms with Gasteiger partial charge in [-0.25, -0.2) is 8.78 Å². The molecule has 4 rings (SSSR count). The number of nitrogens with one attached hydrogen (secondary N) is 1. The number of ether oxygens (including phenoxy) is 1. The summed E-state index contributed by atoms with van der Waals surface area (Å²) in [6.07, 6.45) is -4.49. The van der Waals surface area contributed by atoms with Crippen LogP contribution in [0.25, 0.3) is 0 Å². The van der Waals surface area contributed by atoms with E-state index < -0.39 is 53.3 Å². The summed E-state index contributed by atoms with van der Waals surface area (Å²) in [5.74, 6) is -9.00. The highest BCUT2D eigenvalue weighted by atomic mass is 19.4. The number of nitrogens with zero attached hydrogens (tertiary/aromatic N) is 2. The van der Waals surface area contributed by atoms with Crippen LogP contribution >= 0.6 is 0 Å². The molecule has 1 amide bonds. The number of hydrogen-bond acceptors (Lipinski definition) is 4. The first-order valence-electron chi connectivity index (χ1n) is 10.5. The standard InChI is InChI=1S/C24H16F7N3O3/c1-12-7-19(33-34(12)10-13-3-2-4-14(8-13)24(29,30)31)32-23(35)18-6-5-15(37-18)11-36-22-20(27)16(25)9-17(26)21(22)28/h2-9H,10-11H2,1H3,(H,32,33,35). The van der Waals surface area contributed by atoms with Gasteiger partial charge in [0.1, 0.15) is 12.4 Å². The van der Waals surface area contributed by atoms with Crippen molar-refractivity contribution in [2.24, 2.45) is 0 Å². The number of aromatic nitrogens is 2. The van der Waals surface area contributed by atoms with Crippen LogP contribution in [0.3, 0.4) is 0 Å². The quantitative estimate of drug-likeness (QED) is 0.228. The Morgan fingerprint density at radius 1 is 1.03 bits per heavy atom. The molecule has 0 aliphatic carbocycles. The van der Waals surface area contributed by atoms with Gasteiger partial charge in [-0.2, -0.15) is 27.1 Å². The van der Waals surface area contributed by atoms with Gasteiger partial charge < -0.3 is 14.5 Å². The van der Waals surface area contributed by atoms with E-state index in [2.05, 4.69) is 10.4 Å². The Hall–Kier alpha value is -4.29. The summed E-state index contributed by atoms with van der Waals surface area (Å²) in [4.78, 5) is 12.5. The number of alkyl halides is 3. The number of hydrogen-bond donors (Lipinski definition) is 1. The average molecular weight is 527 g/mol. The number of furan rings is 1. The van der Waals surface area contributed by atoms with E-state index in [4.69, 9.17) is 9.15 Å². The highest BCUT2D eigenvalue weighted by molar-refractivity contribution is 6.01. The zero-order chi connectivity index (χ0) is 26.9. The number of amides is 1. The molecule has 0 atom stereocenters. The minimum Gasteiger partial charge on any atom is -0.479 e. The molecule has 6 nitrogen and oxygen atoms in total. The lowest BCUT2D eigenvalue weighted by Gasteiger charge is -2.09. The Bertz CT molecular complexity index is 1430. The highest BCUT2D eigenvalue weighted by Crippen LogP contribution is 2.30. The van der Waals surface area contributed by atoms with Gasteiger partial charge in [0.05, 0.1) is 12.1 Å². The lowest BCUT2D eigenvalue weighted by Crippen LogP contribution is -2.12. The summed E-state index contributed by atoms with van der Waals surface area (Å²) in [7, 11) is 0. The number of anilines is 1. The molecule has 0 fully saturated rings. The molecule has 0 saturated heterocycles. The Morgan fingerprint density at radius 2 is 1.73 bits per heavy atom. The van der Waals surface area contributed by atoms with Crippen LogP contribution in [-0.4, -0.2) is 15.7 Å². The number of carbonyl (C=O) groups is 1. The van der Waals surface area contributed by atoms with Crippen LogP contribution in [0.5, 0.6) is 5.75 Å². The van der Waals surface area contributed by atoms with Crippen molar-refractivity contribution in [3.63, 3.8) is 0 Å². The molecule has 0 unspecified atom stereocenters. The van der Waals surface area contributed by atoms with E-state index in [0.29, 0.717) is 11.3 Å². The predicted octanol–water partition coefficient (Wildman–Crippen LogP) is 6.24. The largest absolute Gasteiger partial charge is 0.479 e. The van der Waals surface area contributed by atoms with Crippen molar-refractivity contribution in [2.45, 2.75) is 26.3 Å². The van der Waals surface area contributed by atoms with Crippen molar-refractivity contribution in [1.29, 1.82) is 0 Å². The van der Waals surface area contributed by atoms with Gasteiger partial charge in [0.2, 0.25) is 11.6 Å². The molecule has 0 aliphatic rings. The Morgan fingerprint density at radius 3 is 2.41 bits per heavy atom. The lowest BCUT2D eigenvalue weighted by molar-refractivity contribution is -0.137. The number of rotatable bonds is 7. The van der Waals surface area contributed by atoms with Gasteiger partial charge in [0.15, 0.2) is 29.0 Å². The van der Waals surface area contributed by atoms with Crippen LogP contribution in [0.1, 0.15) is 33.1 Å². The SMILES string of the molecule is Cc1cc(NC(=O)c2ccc(COc3c(F)c(F)cc(F)c3F)o2)nn1Cc1cccc(C(F)(F)F)c1. The maximum absolute atomic E-state index is 13.7. The summed E-state index contributed by atoms with van der Waals surface area (Å²) in [5.41, 5.74) is 0.0993. The summed E-state index contributed by atoms with van der Waals surface area (Å²) < 4.78 is 104. The fraction of sp³-hybridized carbons (Fsp3) is 0.167. The van der Waals surface area contributed by atoms with Gasteiger partial charge in [0, 0.05) is 17.8 Å². The Kier molecular flexibility index (Phi) is 6.96. The van der Waals surface area contributed by atoms with Crippen LogP contribution < -0.4 is 10.1 Å². The number of halogens is 7. The molecular formula is C24H16F7N3O3. The monoisotopic (exact) mass is 527 g/mol. The first kappa shape index (κ1) is 25.8. The van der Waals surface area contributed by atoms with Crippen LogP contribution in [-0.2, 0) is 19.3 Å². The Labute approximate surface area is 204 Å². The third kappa shape index (κ3) is 5.76. The first-order valence-corrected chi connectivity index (χ1v) is 10.5. The highest BCUT2D eigenvalue weighted by Gasteiger charge is 2.30. The van der Waals surface area contributed by atoms with Crippen LogP contribution in [0.2, 0.25) is 0 Å². The van der Waals surface area contributed by atoms with Crippen molar-refractivity contribution in [1.82, 2.24) is 9.78 Å². The summed E-state index contributed by atoms with van der Waals surface area (Å²) in [6.45, 7) is 1.02. The van der Waals surface area contributed by atoms with Crippen LogP contribution in [0.4, 0.5) is 36.6 Å². The van der Waals surface area contributed by atoms with Gasteiger partial charge in [-0.05, 0) is 36.8 Å². The van der Waals surface area contributed by atoms with Gasteiger partial charge in [-0.1, -0.05) is 12.1 Å².